The number of fused-ring (bicyclic) bond motifs is 3. The van der Waals surface area contributed by atoms with E-state index in [0.717, 1.165) is 48.9 Å². The zero-order chi connectivity index (χ0) is 24.7. The van der Waals surface area contributed by atoms with E-state index in [-0.39, 0.29) is 24.5 Å². The van der Waals surface area contributed by atoms with Gasteiger partial charge in [-0.1, -0.05) is 11.3 Å². The van der Waals surface area contributed by atoms with Crippen LogP contribution in [0.3, 0.4) is 0 Å². The van der Waals surface area contributed by atoms with Crippen LogP contribution in [0.4, 0.5) is 4.79 Å². The van der Waals surface area contributed by atoms with E-state index in [1.807, 2.05) is 51.4 Å². The minimum atomic E-state index is -0.803. The van der Waals surface area contributed by atoms with E-state index >= 15 is 0 Å². The number of carboxylic acids is 1. The fraction of sp³-hybridized carbons (Fsp3) is 0.538. The van der Waals surface area contributed by atoms with Crippen molar-refractivity contribution in [1.82, 2.24) is 24.3 Å². The maximum atomic E-state index is 12.4. The molecule has 0 spiro atoms. The second kappa shape index (κ2) is 9.02. The lowest BCUT2D eigenvalue weighted by Gasteiger charge is -2.34. The number of piperidine rings is 1. The second-order valence-electron chi connectivity index (χ2n) is 10.7. The second-order valence-corrected chi connectivity index (χ2v) is 10.7. The van der Waals surface area contributed by atoms with Crippen LogP contribution in [0.15, 0.2) is 30.6 Å². The predicted molar refractivity (Wildman–Crippen MR) is 130 cm³/mol. The summed E-state index contributed by atoms with van der Waals surface area (Å²) in [6, 6.07) is 6.12. The largest absolute Gasteiger partial charge is 0.481 e. The fourth-order valence-electron chi connectivity index (χ4n) is 5.62. The van der Waals surface area contributed by atoms with Gasteiger partial charge in [0.25, 0.3) is 0 Å². The summed E-state index contributed by atoms with van der Waals surface area (Å²) < 4.78 is 9.76. The van der Waals surface area contributed by atoms with Crippen LogP contribution in [0.2, 0.25) is 0 Å². The summed E-state index contributed by atoms with van der Waals surface area (Å²) in [5.41, 5.74) is 4.88. The van der Waals surface area contributed by atoms with Crippen LogP contribution in [0.25, 0.3) is 5.52 Å². The molecular formula is C26H33N5O4. The van der Waals surface area contributed by atoms with Gasteiger partial charge in [0.05, 0.1) is 24.4 Å². The van der Waals surface area contributed by atoms with E-state index in [1.165, 1.54) is 11.3 Å². The highest BCUT2D eigenvalue weighted by Gasteiger charge is 2.33. The van der Waals surface area contributed by atoms with Crippen LogP contribution < -0.4 is 0 Å². The standard InChI is InChI=1S/C26H33N5O4/c1-26(2,3)35-25(34)29-12-9-17(10-13-29)23-16-27-28-31(23)18-7-8-19-20(15-24(32)33)21-6-4-5-11-30(21)22(19)14-18/h4-6,11,16-18H,7-10,12-15H2,1-3H3,(H,32,33). The number of aromatic nitrogens is 4. The summed E-state index contributed by atoms with van der Waals surface area (Å²) >= 11 is 0. The molecule has 2 aliphatic rings. The molecule has 35 heavy (non-hydrogen) atoms. The average molecular weight is 480 g/mol. The van der Waals surface area contributed by atoms with Gasteiger partial charge in [0.2, 0.25) is 0 Å². The molecule has 0 bridgehead atoms. The lowest BCUT2D eigenvalue weighted by atomic mass is 9.89. The highest BCUT2D eigenvalue weighted by atomic mass is 16.6. The first-order chi connectivity index (χ1) is 16.7. The number of ether oxygens (including phenoxy) is 1. The quantitative estimate of drug-likeness (QED) is 0.607. The van der Waals surface area contributed by atoms with E-state index in [4.69, 9.17) is 4.74 Å². The zero-order valence-electron chi connectivity index (χ0n) is 20.6. The summed E-state index contributed by atoms with van der Waals surface area (Å²) in [6.45, 7) is 6.96. The van der Waals surface area contributed by atoms with Gasteiger partial charge in [-0.15, -0.1) is 5.10 Å². The van der Waals surface area contributed by atoms with Crippen LogP contribution in [-0.2, 0) is 28.8 Å². The van der Waals surface area contributed by atoms with Gasteiger partial charge in [0, 0.05) is 42.8 Å². The van der Waals surface area contributed by atoms with E-state index in [0.29, 0.717) is 13.1 Å². The molecule has 3 aromatic rings. The zero-order valence-corrected chi connectivity index (χ0v) is 20.6. The minimum absolute atomic E-state index is 0.0400. The van der Waals surface area contributed by atoms with E-state index in [1.54, 1.807) is 4.90 Å². The fourth-order valence-corrected chi connectivity index (χ4v) is 5.62. The van der Waals surface area contributed by atoms with Gasteiger partial charge < -0.3 is 19.1 Å². The third-order valence-corrected chi connectivity index (χ3v) is 7.17. The number of carbonyl (C=O) groups excluding carboxylic acids is 1. The van der Waals surface area contributed by atoms with Gasteiger partial charge in [-0.3, -0.25) is 4.79 Å². The number of nitrogens with zero attached hydrogens (tertiary/aromatic N) is 5. The molecule has 1 atom stereocenters. The van der Waals surface area contributed by atoms with E-state index < -0.39 is 11.6 Å². The molecule has 1 unspecified atom stereocenters. The maximum absolute atomic E-state index is 12.4. The molecule has 3 aromatic heterocycles. The summed E-state index contributed by atoms with van der Waals surface area (Å²) in [5.74, 6) is -0.515. The molecule has 1 N–H and O–H groups in total. The Labute approximate surface area is 204 Å². The molecule has 186 valence electrons. The smallest absolute Gasteiger partial charge is 0.410 e. The summed E-state index contributed by atoms with van der Waals surface area (Å²) in [5, 5.41) is 18.2. The first-order valence-electron chi connectivity index (χ1n) is 12.4. The molecular weight excluding hydrogens is 446 g/mol. The molecule has 0 aromatic carbocycles. The van der Waals surface area contributed by atoms with Crippen LogP contribution in [0.5, 0.6) is 0 Å². The van der Waals surface area contributed by atoms with Crippen molar-refractivity contribution in [2.24, 2.45) is 0 Å². The Bertz CT molecular complexity index is 1250. The summed E-state index contributed by atoms with van der Waals surface area (Å²) in [7, 11) is 0. The SMILES string of the molecule is CC(C)(C)OC(=O)N1CCC(c2cnnn2C2CCc3c(CC(=O)O)c4ccccn4c3C2)CC1. The Morgan fingerprint density at radius 2 is 1.94 bits per heavy atom. The van der Waals surface area contributed by atoms with Crippen molar-refractivity contribution >= 4 is 17.6 Å². The molecule has 0 saturated carbocycles. The first kappa shape index (κ1) is 23.4. The Morgan fingerprint density at radius 3 is 2.66 bits per heavy atom. The minimum Gasteiger partial charge on any atom is -0.481 e. The monoisotopic (exact) mass is 479 g/mol. The van der Waals surface area contributed by atoms with Gasteiger partial charge in [0.1, 0.15) is 5.60 Å². The average Bonchev–Trinajstić information content (AvgIpc) is 3.42. The van der Waals surface area contributed by atoms with Gasteiger partial charge in [-0.05, 0) is 69.7 Å². The molecule has 5 rings (SSSR count). The number of likely N-dealkylation sites (tertiary alicyclic amines) is 1. The van der Waals surface area contributed by atoms with Crippen LogP contribution >= 0.6 is 0 Å². The number of aliphatic carboxylic acids is 1. The third kappa shape index (κ3) is 4.63. The van der Waals surface area contributed by atoms with Crippen molar-refractivity contribution in [2.45, 2.75) is 76.9 Å². The molecule has 1 aliphatic heterocycles. The van der Waals surface area contributed by atoms with Crippen LogP contribution in [-0.4, -0.2) is 60.2 Å². The summed E-state index contributed by atoms with van der Waals surface area (Å²) in [6.07, 6.45) is 7.88. The number of carbonyl (C=O) groups is 2. The van der Waals surface area contributed by atoms with Crippen molar-refractivity contribution in [2.75, 3.05) is 13.1 Å². The molecule has 4 heterocycles. The number of pyridine rings is 1. The lowest BCUT2D eigenvalue weighted by molar-refractivity contribution is -0.136. The van der Waals surface area contributed by atoms with Crippen molar-refractivity contribution < 1.29 is 19.4 Å². The van der Waals surface area contributed by atoms with Crippen LogP contribution in [0, 0.1) is 0 Å². The first-order valence-corrected chi connectivity index (χ1v) is 12.4. The van der Waals surface area contributed by atoms with Gasteiger partial charge in [-0.25, -0.2) is 9.48 Å². The molecule has 9 heteroatoms. The normalized spacial score (nSPS) is 19.1. The molecule has 1 aliphatic carbocycles. The molecule has 9 nitrogen and oxygen atoms in total. The lowest BCUT2D eigenvalue weighted by Crippen LogP contribution is -2.41. The van der Waals surface area contributed by atoms with Gasteiger partial charge in [-0.2, -0.15) is 0 Å². The molecule has 1 amide bonds. The number of rotatable bonds is 4. The highest BCUT2D eigenvalue weighted by Crippen LogP contribution is 2.37. The number of carboxylic acid groups (broad SMARTS) is 1. The number of hydrogen-bond donors (Lipinski definition) is 1. The Morgan fingerprint density at radius 1 is 1.17 bits per heavy atom. The van der Waals surface area contributed by atoms with Gasteiger partial charge in [0.15, 0.2) is 0 Å². The Balaban J connectivity index is 1.34. The van der Waals surface area contributed by atoms with Crippen LogP contribution in [0.1, 0.15) is 74.5 Å². The topological polar surface area (TPSA) is 102 Å². The van der Waals surface area contributed by atoms with Crippen molar-refractivity contribution in [3.63, 3.8) is 0 Å². The molecule has 1 fully saturated rings. The highest BCUT2D eigenvalue weighted by molar-refractivity contribution is 5.77. The van der Waals surface area contributed by atoms with Crippen molar-refractivity contribution in [3.8, 4) is 0 Å². The Kier molecular flexibility index (Phi) is 6.02. The third-order valence-electron chi connectivity index (χ3n) is 7.17. The molecule has 1 saturated heterocycles. The number of amides is 1. The molecule has 0 radical (unpaired) electrons. The van der Waals surface area contributed by atoms with E-state index in [2.05, 4.69) is 19.4 Å². The number of hydrogen-bond acceptors (Lipinski definition) is 5. The predicted octanol–water partition coefficient (Wildman–Crippen LogP) is 4.00. The van der Waals surface area contributed by atoms with Gasteiger partial charge >= 0.3 is 12.1 Å². The van der Waals surface area contributed by atoms with Crippen molar-refractivity contribution in [1.29, 1.82) is 0 Å². The van der Waals surface area contributed by atoms with Crippen molar-refractivity contribution in [3.05, 3.63) is 53.1 Å². The summed E-state index contributed by atoms with van der Waals surface area (Å²) in [4.78, 5) is 25.8. The van der Waals surface area contributed by atoms with E-state index in [9.17, 15) is 14.7 Å². The maximum Gasteiger partial charge on any atom is 0.410 e. The Hall–Kier alpha value is -3.36.